The van der Waals surface area contributed by atoms with Crippen molar-refractivity contribution in [2.75, 3.05) is 6.54 Å². The van der Waals surface area contributed by atoms with E-state index < -0.39 is 11.9 Å². The lowest BCUT2D eigenvalue weighted by atomic mass is 9.85. The van der Waals surface area contributed by atoms with Gasteiger partial charge in [-0.25, -0.2) is 5.01 Å². The van der Waals surface area contributed by atoms with E-state index in [1.165, 1.54) is 5.01 Å². The number of carbonyl (C=O) groups is 3. The molecule has 7 heteroatoms. The molecule has 31 heavy (non-hydrogen) atoms. The van der Waals surface area contributed by atoms with E-state index >= 15 is 0 Å². The van der Waals surface area contributed by atoms with Crippen LogP contribution in [0.25, 0.3) is 0 Å². The van der Waals surface area contributed by atoms with Gasteiger partial charge in [0.25, 0.3) is 5.91 Å². The van der Waals surface area contributed by atoms with Crippen molar-refractivity contribution < 1.29 is 18.8 Å². The summed E-state index contributed by atoms with van der Waals surface area (Å²) in [5.41, 5.74) is 2.84. The highest BCUT2D eigenvalue weighted by atomic mass is 16.3. The summed E-state index contributed by atoms with van der Waals surface area (Å²) >= 11 is 0. The molecular formula is C24H23N3O4. The summed E-state index contributed by atoms with van der Waals surface area (Å²) in [6, 6.07) is 11.1. The fraction of sp³-hybridized carbons (Fsp3) is 0.333. The Labute approximate surface area is 180 Å². The van der Waals surface area contributed by atoms with Gasteiger partial charge in [-0.2, -0.15) is 5.10 Å². The first kappa shape index (κ1) is 19.5. The molecule has 0 bridgehead atoms. The third-order valence-corrected chi connectivity index (χ3v) is 6.31. The predicted octanol–water partition coefficient (Wildman–Crippen LogP) is 3.22. The topological polar surface area (TPSA) is 83.2 Å². The third kappa shape index (κ3) is 3.40. The molecule has 1 fully saturated rings. The van der Waals surface area contributed by atoms with Crippen LogP contribution in [0.15, 0.2) is 64.3 Å². The summed E-state index contributed by atoms with van der Waals surface area (Å²) < 4.78 is 5.57. The van der Waals surface area contributed by atoms with Crippen LogP contribution in [0.2, 0.25) is 0 Å². The highest BCUT2D eigenvalue weighted by Crippen LogP contribution is 2.36. The fourth-order valence-corrected chi connectivity index (χ4v) is 4.60. The van der Waals surface area contributed by atoms with E-state index in [0.29, 0.717) is 25.0 Å². The number of rotatable bonds is 4. The van der Waals surface area contributed by atoms with E-state index in [1.54, 1.807) is 12.3 Å². The number of imide groups is 1. The van der Waals surface area contributed by atoms with Crippen LogP contribution in [0.3, 0.4) is 0 Å². The highest BCUT2D eigenvalue weighted by Gasteiger charge is 2.48. The van der Waals surface area contributed by atoms with E-state index in [-0.39, 0.29) is 30.2 Å². The van der Waals surface area contributed by atoms with Gasteiger partial charge in [0.2, 0.25) is 11.8 Å². The largest absolute Gasteiger partial charge is 0.467 e. The molecule has 0 radical (unpaired) electrons. The molecule has 3 aliphatic rings. The molecule has 0 saturated carbocycles. The minimum absolute atomic E-state index is 0.260. The molecule has 3 amide bonds. The lowest BCUT2D eigenvalue weighted by molar-refractivity contribution is -0.147. The Hall–Kier alpha value is -3.48. The molecule has 3 heterocycles. The maximum absolute atomic E-state index is 13.3. The Balaban J connectivity index is 1.40. The second kappa shape index (κ2) is 7.65. The average molecular weight is 417 g/mol. The number of allylic oxidation sites excluding steroid dienone is 2. The van der Waals surface area contributed by atoms with Gasteiger partial charge in [0.15, 0.2) is 0 Å². The molecule has 2 aromatic rings. The first-order chi connectivity index (χ1) is 15.0. The van der Waals surface area contributed by atoms with E-state index in [0.717, 1.165) is 21.7 Å². The number of hydrogen-bond donors (Lipinski definition) is 0. The minimum atomic E-state index is -0.407. The Morgan fingerprint density at radius 2 is 1.74 bits per heavy atom. The maximum atomic E-state index is 13.3. The van der Waals surface area contributed by atoms with Gasteiger partial charge >= 0.3 is 0 Å². The summed E-state index contributed by atoms with van der Waals surface area (Å²) in [5.74, 6) is -0.992. The van der Waals surface area contributed by atoms with Crippen molar-refractivity contribution in [2.24, 2.45) is 16.9 Å². The summed E-state index contributed by atoms with van der Waals surface area (Å²) in [6.45, 7) is 1.71. The number of hydrogen-bond acceptors (Lipinski definition) is 5. The Morgan fingerprint density at radius 1 is 1.06 bits per heavy atom. The average Bonchev–Trinajstić information content (AvgIpc) is 3.51. The molecule has 2 aliphatic heterocycles. The number of benzene rings is 1. The first-order valence-electron chi connectivity index (χ1n) is 10.5. The molecule has 0 spiro atoms. The lowest BCUT2D eigenvalue weighted by Crippen LogP contribution is -2.41. The number of carbonyl (C=O) groups excluding carboxylic acids is 3. The molecule has 5 rings (SSSR count). The van der Waals surface area contributed by atoms with Crippen molar-refractivity contribution in [3.05, 3.63) is 71.7 Å². The molecule has 158 valence electrons. The zero-order valence-corrected chi connectivity index (χ0v) is 17.2. The smallest absolute Gasteiger partial charge is 0.263 e. The summed E-state index contributed by atoms with van der Waals surface area (Å²) in [5, 5.41) is 5.96. The number of amides is 3. The Bertz CT molecular complexity index is 1060. The van der Waals surface area contributed by atoms with Gasteiger partial charge in [-0.1, -0.05) is 42.0 Å². The molecule has 3 atom stereocenters. The SMILES string of the molecule is Cc1ccc(C2=NN(C(=O)CN3C(=O)[C@H]4CC=CC[C@H]4C3=O)[C@H](c3ccco3)C2)cc1. The highest BCUT2D eigenvalue weighted by molar-refractivity contribution is 6.08. The summed E-state index contributed by atoms with van der Waals surface area (Å²) in [6.07, 6.45) is 7.03. The van der Waals surface area contributed by atoms with Gasteiger partial charge in [-0.05, 0) is 37.5 Å². The minimum Gasteiger partial charge on any atom is -0.467 e. The second-order valence-corrected chi connectivity index (χ2v) is 8.30. The van der Waals surface area contributed by atoms with Gasteiger partial charge in [0.05, 0.1) is 23.8 Å². The normalized spacial score (nSPS) is 25.2. The van der Waals surface area contributed by atoms with Gasteiger partial charge in [-0.15, -0.1) is 0 Å². The van der Waals surface area contributed by atoms with Gasteiger partial charge < -0.3 is 4.42 Å². The second-order valence-electron chi connectivity index (χ2n) is 8.30. The molecule has 1 saturated heterocycles. The first-order valence-corrected chi connectivity index (χ1v) is 10.5. The van der Waals surface area contributed by atoms with Gasteiger partial charge in [-0.3, -0.25) is 19.3 Å². The summed E-state index contributed by atoms with van der Waals surface area (Å²) in [7, 11) is 0. The van der Waals surface area contributed by atoms with Crippen molar-refractivity contribution in [3.63, 3.8) is 0 Å². The van der Waals surface area contributed by atoms with Gasteiger partial charge in [0, 0.05) is 6.42 Å². The van der Waals surface area contributed by atoms with Crippen molar-refractivity contribution in [1.29, 1.82) is 0 Å². The predicted molar refractivity (Wildman–Crippen MR) is 113 cm³/mol. The van der Waals surface area contributed by atoms with E-state index in [2.05, 4.69) is 5.10 Å². The van der Waals surface area contributed by atoms with Crippen LogP contribution in [0.5, 0.6) is 0 Å². The molecule has 1 aromatic carbocycles. The lowest BCUT2D eigenvalue weighted by Gasteiger charge is -2.22. The van der Waals surface area contributed by atoms with Crippen LogP contribution in [-0.4, -0.2) is 39.9 Å². The number of nitrogens with zero attached hydrogens (tertiary/aromatic N) is 3. The molecular weight excluding hydrogens is 394 g/mol. The van der Waals surface area contributed by atoms with Crippen molar-refractivity contribution in [2.45, 2.75) is 32.2 Å². The number of likely N-dealkylation sites (tertiary alicyclic amines) is 1. The van der Waals surface area contributed by atoms with Crippen molar-refractivity contribution in [1.82, 2.24) is 9.91 Å². The van der Waals surface area contributed by atoms with Crippen molar-refractivity contribution in [3.8, 4) is 0 Å². The van der Waals surface area contributed by atoms with E-state index in [9.17, 15) is 14.4 Å². The molecule has 7 nitrogen and oxygen atoms in total. The maximum Gasteiger partial charge on any atom is 0.263 e. The van der Waals surface area contributed by atoms with Crippen LogP contribution in [0.4, 0.5) is 0 Å². The fourth-order valence-electron chi connectivity index (χ4n) is 4.60. The van der Waals surface area contributed by atoms with Crippen LogP contribution in [0, 0.1) is 18.8 Å². The van der Waals surface area contributed by atoms with E-state index in [4.69, 9.17) is 4.42 Å². The Morgan fingerprint density at radius 3 is 2.35 bits per heavy atom. The van der Waals surface area contributed by atoms with Crippen LogP contribution >= 0.6 is 0 Å². The monoisotopic (exact) mass is 417 g/mol. The summed E-state index contributed by atoms with van der Waals surface area (Å²) in [4.78, 5) is 39.9. The Kier molecular flexibility index (Phi) is 4.81. The van der Waals surface area contributed by atoms with Gasteiger partial charge in [0.1, 0.15) is 18.3 Å². The number of furan rings is 1. The quantitative estimate of drug-likeness (QED) is 0.565. The number of aryl methyl sites for hydroxylation is 1. The standard InChI is InChI=1S/C24H23N3O4/c1-15-8-10-16(11-9-15)19-13-20(21-7-4-12-31-21)27(25-19)22(28)14-26-23(29)17-5-2-3-6-18(17)24(26)30/h2-4,7-12,17-18,20H,5-6,13-14H2,1H3/t17-,18+,20-/m0/s1. The molecule has 0 unspecified atom stereocenters. The molecule has 0 N–H and O–H groups in total. The number of fused-ring (bicyclic) bond motifs is 1. The zero-order chi connectivity index (χ0) is 21.5. The van der Waals surface area contributed by atoms with Crippen LogP contribution < -0.4 is 0 Å². The van der Waals surface area contributed by atoms with E-state index in [1.807, 2.05) is 49.4 Å². The molecule has 1 aliphatic carbocycles. The number of hydrazone groups is 1. The van der Waals surface area contributed by atoms with Crippen molar-refractivity contribution >= 4 is 23.4 Å². The van der Waals surface area contributed by atoms with Crippen LogP contribution in [0.1, 0.15) is 42.2 Å². The zero-order valence-electron chi connectivity index (χ0n) is 17.2. The third-order valence-electron chi connectivity index (χ3n) is 6.31. The molecule has 1 aromatic heterocycles. The van der Waals surface area contributed by atoms with Crippen LogP contribution in [-0.2, 0) is 14.4 Å².